The fourth-order valence-corrected chi connectivity index (χ4v) is 5.28. The Hall–Kier alpha value is -4.17. The first-order valence-electron chi connectivity index (χ1n) is 12.8. The molecule has 0 unspecified atom stereocenters. The molecule has 0 aliphatic carbocycles. The molecule has 0 atom stereocenters. The predicted octanol–water partition coefficient (Wildman–Crippen LogP) is 5.99. The molecule has 0 bridgehead atoms. The second-order valence-electron chi connectivity index (χ2n) is 9.47. The van der Waals surface area contributed by atoms with E-state index in [4.69, 9.17) is 0 Å². The van der Waals surface area contributed by atoms with Crippen molar-refractivity contribution in [3.63, 3.8) is 0 Å². The van der Waals surface area contributed by atoms with Gasteiger partial charge >= 0.3 is 6.18 Å². The van der Waals surface area contributed by atoms with Gasteiger partial charge in [0.25, 0.3) is 11.8 Å². The minimum absolute atomic E-state index is 0.0232. The number of aliphatic imine (C=N–C) groups is 1. The molecule has 3 aromatic rings. The first kappa shape index (κ1) is 28.8. The van der Waals surface area contributed by atoms with Crippen molar-refractivity contribution in [1.29, 1.82) is 5.26 Å². The molecule has 208 valence electrons. The number of thiophene rings is 1. The third-order valence-corrected chi connectivity index (χ3v) is 7.62. The number of amides is 2. The van der Waals surface area contributed by atoms with Crippen LogP contribution in [0.1, 0.15) is 60.9 Å². The zero-order valence-corrected chi connectivity index (χ0v) is 22.7. The SMILES string of the molecule is CN(Cc1ccccc1C#N)C(=O)c1sc(C(=O)NCc2ccc(C(F)(F)F)cc2)cc1/N=C/N1CCCCC1. The van der Waals surface area contributed by atoms with Gasteiger partial charge in [-0.25, -0.2) is 4.99 Å². The molecule has 0 radical (unpaired) electrons. The van der Waals surface area contributed by atoms with Gasteiger partial charge in [-0.05, 0) is 54.7 Å². The summed E-state index contributed by atoms with van der Waals surface area (Å²) in [7, 11) is 1.62. The summed E-state index contributed by atoms with van der Waals surface area (Å²) >= 11 is 1.00. The second kappa shape index (κ2) is 12.8. The van der Waals surface area contributed by atoms with E-state index in [-0.39, 0.29) is 28.8 Å². The standard InChI is InChI=1S/C29H28F3N5O2S/c1-36(18-22-8-4-3-7-21(22)16-33)28(39)26-24(35-19-37-13-5-2-6-14-37)15-25(40-26)27(38)34-17-20-9-11-23(12-10-20)29(30,31)32/h3-4,7-12,15,19H,2,5-6,13-14,17-18H2,1H3,(H,34,38)/b35-19+. The van der Waals surface area contributed by atoms with Crippen molar-refractivity contribution in [2.45, 2.75) is 38.5 Å². The summed E-state index contributed by atoms with van der Waals surface area (Å²) in [5.41, 5.74) is 1.28. The first-order chi connectivity index (χ1) is 19.2. The maximum atomic E-state index is 13.5. The summed E-state index contributed by atoms with van der Waals surface area (Å²) in [4.78, 5) is 35.1. The lowest BCUT2D eigenvalue weighted by Gasteiger charge is -2.23. The van der Waals surface area contributed by atoms with Gasteiger partial charge < -0.3 is 15.1 Å². The van der Waals surface area contributed by atoms with E-state index >= 15 is 0 Å². The average Bonchev–Trinajstić information content (AvgIpc) is 3.39. The van der Waals surface area contributed by atoms with Crippen LogP contribution in [0.3, 0.4) is 0 Å². The van der Waals surface area contributed by atoms with Crippen molar-refractivity contribution in [3.05, 3.63) is 86.6 Å². The molecule has 1 N–H and O–H groups in total. The maximum Gasteiger partial charge on any atom is 0.416 e. The Labute approximate surface area is 234 Å². The number of hydrogen-bond donors (Lipinski definition) is 1. The molecule has 1 aliphatic rings. The lowest BCUT2D eigenvalue weighted by molar-refractivity contribution is -0.137. The molecular weight excluding hydrogens is 539 g/mol. The van der Waals surface area contributed by atoms with Crippen LogP contribution >= 0.6 is 11.3 Å². The molecular formula is C29H28F3N5O2S. The zero-order chi connectivity index (χ0) is 28.7. The number of rotatable bonds is 8. The Balaban J connectivity index is 1.53. The van der Waals surface area contributed by atoms with E-state index in [9.17, 15) is 28.0 Å². The summed E-state index contributed by atoms with van der Waals surface area (Å²) in [6.45, 7) is 1.95. The van der Waals surface area contributed by atoms with Crippen molar-refractivity contribution in [3.8, 4) is 6.07 Å². The van der Waals surface area contributed by atoms with Crippen LogP contribution in [0.15, 0.2) is 59.6 Å². The summed E-state index contributed by atoms with van der Waals surface area (Å²) < 4.78 is 38.5. The molecule has 4 rings (SSSR count). The minimum Gasteiger partial charge on any atom is -0.363 e. The fourth-order valence-electron chi connectivity index (χ4n) is 4.27. The summed E-state index contributed by atoms with van der Waals surface area (Å²) in [6.07, 6.45) is 0.536. The quantitative estimate of drug-likeness (QED) is 0.268. The Morgan fingerprint density at radius 2 is 1.82 bits per heavy atom. The van der Waals surface area contributed by atoms with Crippen molar-refractivity contribution < 1.29 is 22.8 Å². The van der Waals surface area contributed by atoms with Crippen molar-refractivity contribution in [2.24, 2.45) is 4.99 Å². The highest BCUT2D eigenvalue weighted by atomic mass is 32.1. The molecule has 1 fully saturated rings. The highest BCUT2D eigenvalue weighted by Gasteiger charge is 2.30. The van der Waals surface area contributed by atoms with Crippen LogP contribution in [0.4, 0.5) is 18.9 Å². The number of piperidine rings is 1. The Morgan fingerprint density at radius 3 is 2.50 bits per heavy atom. The normalized spacial score (nSPS) is 13.7. The number of nitriles is 1. The van der Waals surface area contributed by atoms with Crippen LogP contribution in [-0.2, 0) is 19.3 Å². The highest BCUT2D eigenvalue weighted by molar-refractivity contribution is 7.16. The van der Waals surface area contributed by atoms with Gasteiger partial charge in [0.15, 0.2) is 0 Å². The largest absolute Gasteiger partial charge is 0.416 e. The second-order valence-corrected chi connectivity index (χ2v) is 10.5. The van der Waals surface area contributed by atoms with E-state index in [1.165, 1.54) is 17.0 Å². The monoisotopic (exact) mass is 567 g/mol. The topological polar surface area (TPSA) is 88.8 Å². The third kappa shape index (κ3) is 7.27. The Kier molecular flexibility index (Phi) is 9.22. The van der Waals surface area contributed by atoms with E-state index in [0.29, 0.717) is 22.4 Å². The number of alkyl halides is 3. The summed E-state index contributed by atoms with van der Waals surface area (Å²) in [5, 5.41) is 12.1. The molecule has 0 spiro atoms. The van der Waals surface area contributed by atoms with Gasteiger partial charge in [0.05, 0.1) is 34.1 Å². The van der Waals surface area contributed by atoms with Gasteiger partial charge in [-0.15, -0.1) is 11.3 Å². The molecule has 40 heavy (non-hydrogen) atoms. The fraction of sp³-hybridized carbons (Fsp3) is 0.310. The molecule has 1 saturated heterocycles. The number of hydrogen-bond acceptors (Lipinski definition) is 5. The number of benzene rings is 2. The molecule has 2 aromatic carbocycles. The van der Waals surface area contributed by atoms with Crippen molar-refractivity contribution >= 4 is 35.2 Å². The van der Waals surface area contributed by atoms with Crippen LogP contribution in [-0.4, -0.2) is 48.1 Å². The van der Waals surface area contributed by atoms with Crippen LogP contribution in [0.2, 0.25) is 0 Å². The third-order valence-electron chi connectivity index (χ3n) is 6.51. The van der Waals surface area contributed by atoms with Gasteiger partial charge in [-0.3, -0.25) is 9.59 Å². The number of nitrogens with zero attached hydrogens (tertiary/aromatic N) is 4. The molecule has 11 heteroatoms. The lowest BCUT2D eigenvalue weighted by atomic mass is 10.1. The van der Waals surface area contributed by atoms with Crippen LogP contribution in [0.25, 0.3) is 0 Å². The van der Waals surface area contributed by atoms with Crippen molar-refractivity contribution in [1.82, 2.24) is 15.1 Å². The van der Waals surface area contributed by atoms with E-state index in [1.807, 2.05) is 0 Å². The summed E-state index contributed by atoms with van der Waals surface area (Å²) in [6, 6.07) is 15.3. The zero-order valence-electron chi connectivity index (χ0n) is 21.9. The first-order valence-corrected chi connectivity index (χ1v) is 13.6. The van der Waals surface area contributed by atoms with Crippen LogP contribution < -0.4 is 5.32 Å². The number of likely N-dealkylation sites (tertiary alicyclic amines) is 1. The number of halogens is 3. The van der Waals surface area contributed by atoms with Gasteiger partial charge in [0.2, 0.25) is 0 Å². The van der Waals surface area contributed by atoms with Crippen LogP contribution in [0.5, 0.6) is 0 Å². The Morgan fingerprint density at radius 1 is 1.12 bits per heavy atom. The van der Waals surface area contributed by atoms with Gasteiger partial charge in [0.1, 0.15) is 4.88 Å². The number of carbonyl (C=O) groups excluding carboxylic acids is 2. The average molecular weight is 568 g/mol. The van der Waals surface area contributed by atoms with E-state index < -0.39 is 17.6 Å². The smallest absolute Gasteiger partial charge is 0.363 e. The molecule has 2 amide bonds. The predicted molar refractivity (Wildman–Crippen MR) is 147 cm³/mol. The lowest BCUT2D eigenvalue weighted by Crippen LogP contribution is -2.28. The minimum atomic E-state index is -4.43. The number of nitrogens with one attached hydrogen (secondary N) is 1. The van der Waals surface area contributed by atoms with E-state index in [2.05, 4.69) is 21.3 Å². The number of carbonyl (C=O) groups is 2. The van der Waals surface area contributed by atoms with Crippen LogP contribution in [0, 0.1) is 11.3 Å². The maximum absolute atomic E-state index is 13.5. The van der Waals surface area contributed by atoms with E-state index in [1.54, 1.807) is 43.7 Å². The van der Waals surface area contributed by atoms with Crippen molar-refractivity contribution in [2.75, 3.05) is 20.1 Å². The molecule has 1 aliphatic heterocycles. The molecule has 2 heterocycles. The summed E-state index contributed by atoms with van der Waals surface area (Å²) in [5.74, 6) is -0.804. The van der Waals surface area contributed by atoms with Gasteiger partial charge in [0, 0.05) is 33.2 Å². The van der Waals surface area contributed by atoms with E-state index in [0.717, 1.165) is 55.8 Å². The highest BCUT2D eigenvalue weighted by Crippen LogP contribution is 2.32. The molecule has 1 aromatic heterocycles. The Bertz CT molecular complexity index is 1420. The molecule has 0 saturated carbocycles. The molecule has 7 nitrogen and oxygen atoms in total. The van der Waals surface area contributed by atoms with Gasteiger partial charge in [-0.2, -0.15) is 18.4 Å². The van der Waals surface area contributed by atoms with Gasteiger partial charge in [-0.1, -0.05) is 30.3 Å².